The average Bonchev–Trinajstić information content (AvgIpc) is 2.89. The van der Waals surface area contributed by atoms with E-state index in [2.05, 4.69) is 15.4 Å². The molecule has 18 heavy (non-hydrogen) atoms. The van der Waals surface area contributed by atoms with Gasteiger partial charge in [0.1, 0.15) is 0 Å². The summed E-state index contributed by atoms with van der Waals surface area (Å²) in [4.78, 5) is 16.0. The van der Waals surface area contributed by atoms with Crippen molar-refractivity contribution in [3.8, 4) is 0 Å². The standard InChI is InChI=1S/C12H17N5O/c1-9-11(10(2)16(3)15-9)12(18)14-5-7-17-6-4-13-8-17/h4,6,8H,5,7H2,1-3H3,(H,14,18). The van der Waals surface area contributed by atoms with Crippen molar-refractivity contribution in [2.75, 3.05) is 6.54 Å². The van der Waals surface area contributed by atoms with Crippen LogP contribution in [0.2, 0.25) is 0 Å². The second-order valence-electron chi connectivity index (χ2n) is 4.23. The fourth-order valence-electron chi connectivity index (χ4n) is 1.91. The van der Waals surface area contributed by atoms with Gasteiger partial charge in [0.25, 0.3) is 5.91 Å². The first-order valence-electron chi connectivity index (χ1n) is 5.83. The van der Waals surface area contributed by atoms with Crippen LogP contribution in [0.4, 0.5) is 0 Å². The van der Waals surface area contributed by atoms with Gasteiger partial charge in [0.05, 0.1) is 17.6 Å². The minimum atomic E-state index is -0.0711. The third-order valence-corrected chi connectivity index (χ3v) is 2.95. The minimum absolute atomic E-state index is 0.0711. The topological polar surface area (TPSA) is 64.7 Å². The molecule has 0 aliphatic heterocycles. The number of nitrogens with one attached hydrogen (secondary N) is 1. The Morgan fingerprint density at radius 2 is 2.22 bits per heavy atom. The zero-order valence-electron chi connectivity index (χ0n) is 10.8. The number of nitrogens with zero attached hydrogens (tertiary/aromatic N) is 4. The van der Waals surface area contributed by atoms with Crippen LogP contribution < -0.4 is 5.32 Å². The Labute approximate surface area is 106 Å². The zero-order valence-corrected chi connectivity index (χ0v) is 10.8. The lowest BCUT2D eigenvalue weighted by Gasteiger charge is -2.06. The number of hydrogen-bond donors (Lipinski definition) is 1. The number of carbonyl (C=O) groups is 1. The summed E-state index contributed by atoms with van der Waals surface area (Å²) in [5.74, 6) is -0.0711. The number of amides is 1. The van der Waals surface area contributed by atoms with E-state index in [1.54, 1.807) is 17.2 Å². The molecule has 0 aliphatic carbocycles. The average molecular weight is 247 g/mol. The molecule has 1 amide bonds. The molecule has 0 saturated heterocycles. The molecule has 0 radical (unpaired) electrons. The Hall–Kier alpha value is -2.11. The number of carbonyl (C=O) groups excluding carboxylic acids is 1. The maximum Gasteiger partial charge on any atom is 0.255 e. The van der Waals surface area contributed by atoms with E-state index in [-0.39, 0.29) is 5.91 Å². The van der Waals surface area contributed by atoms with Crippen LogP contribution in [-0.2, 0) is 13.6 Å². The molecule has 2 heterocycles. The zero-order chi connectivity index (χ0) is 13.1. The van der Waals surface area contributed by atoms with Gasteiger partial charge in [-0.15, -0.1) is 0 Å². The second kappa shape index (κ2) is 5.03. The summed E-state index contributed by atoms with van der Waals surface area (Å²) in [6.07, 6.45) is 5.32. The summed E-state index contributed by atoms with van der Waals surface area (Å²) in [7, 11) is 1.84. The van der Waals surface area contributed by atoms with Gasteiger partial charge in [-0.2, -0.15) is 5.10 Å². The maximum absolute atomic E-state index is 12.0. The van der Waals surface area contributed by atoms with E-state index >= 15 is 0 Å². The first-order chi connectivity index (χ1) is 8.59. The van der Waals surface area contributed by atoms with Gasteiger partial charge in [0.15, 0.2) is 0 Å². The van der Waals surface area contributed by atoms with Crippen LogP contribution in [0, 0.1) is 13.8 Å². The first-order valence-corrected chi connectivity index (χ1v) is 5.83. The monoisotopic (exact) mass is 247 g/mol. The number of aromatic nitrogens is 4. The van der Waals surface area contributed by atoms with E-state index in [9.17, 15) is 4.79 Å². The summed E-state index contributed by atoms with van der Waals surface area (Å²) in [5, 5.41) is 7.12. The minimum Gasteiger partial charge on any atom is -0.350 e. The summed E-state index contributed by atoms with van der Waals surface area (Å²) in [5.41, 5.74) is 2.31. The molecular weight excluding hydrogens is 230 g/mol. The van der Waals surface area contributed by atoms with Crippen LogP contribution in [0.15, 0.2) is 18.7 Å². The molecule has 0 aliphatic rings. The molecule has 0 atom stereocenters. The van der Waals surface area contributed by atoms with Crippen molar-refractivity contribution in [3.05, 3.63) is 35.7 Å². The van der Waals surface area contributed by atoms with Crippen LogP contribution >= 0.6 is 0 Å². The fraction of sp³-hybridized carbons (Fsp3) is 0.417. The summed E-state index contributed by atoms with van der Waals surface area (Å²) in [6.45, 7) is 5.02. The normalized spacial score (nSPS) is 10.6. The van der Waals surface area contributed by atoms with Crippen molar-refractivity contribution in [3.63, 3.8) is 0 Å². The van der Waals surface area contributed by atoms with Crippen molar-refractivity contribution in [1.82, 2.24) is 24.6 Å². The van der Waals surface area contributed by atoms with Crippen LogP contribution in [0.3, 0.4) is 0 Å². The third kappa shape index (κ3) is 2.42. The van der Waals surface area contributed by atoms with E-state index in [0.717, 1.165) is 11.4 Å². The molecule has 0 unspecified atom stereocenters. The molecule has 0 bridgehead atoms. The van der Waals surface area contributed by atoms with Crippen molar-refractivity contribution in [2.24, 2.45) is 7.05 Å². The van der Waals surface area contributed by atoms with Gasteiger partial charge in [0, 0.05) is 38.2 Å². The van der Waals surface area contributed by atoms with Gasteiger partial charge in [-0.1, -0.05) is 0 Å². The maximum atomic E-state index is 12.0. The van der Waals surface area contributed by atoms with Crippen molar-refractivity contribution in [1.29, 1.82) is 0 Å². The molecular formula is C12H17N5O. The number of rotatable bonds is 4. The van der Waals surface area contributed by atoms with E-state index in [1.165, 1.54) is 0 Å². The lowest BCUT2D eigenvalue weighted by molar-refractivity contribution is 0.0951. The first kappa shape index (κ1) is 12.3. The van der Waals surface area contributed by atoms with E-state index in [0.29, 0.717) is 18.7 Å². The Morgan fingerprint density at radius 1 is 1.44 bits per heavy atom. The molecule has 0 fully saturated rings. The second-order valence-corrected chi connectivity index (χ2v) is 4.23. The Bertz CT molecular complexity index is 541. The fourth-order valence-corrected chi connectivity index (χ4v) is 1.91. The molecule has 96 valence electrons. The Morgan fingerprint density at radius 3 is 2.78 bits per heavy atom. The molecule has 0 aromatic carbocycles. The molecule has 6 nitrogen and oxygen atoms in total. The van der Waals surface area contributed by atoms with E-state index in [1.807, 2.05) is 31.7 Å². The van der Waals surface area contributed by atoms with Crippen molar-refractivity contribution < 1.29 is 4.79 Å². The number of hydrogen-bond acceptors (Lipinski definition) is 3. The predicted molar refractivity (Wildman–Crippen MR) is 67.2 cm³/mol. The highest BCUT2D eigenvalue weighted by Crippen LogP contribution is 2.11. The highest BCUT2D eigenvalue weighted by atomic mass is 16.1. The van der Waals surface area contributed by atoms with Crippen LogP contribution in [-0.4, -0.2) is 31.8 Å². The van der Waals surface area contributed by atoms with Gasteiger partial charge in [0.2, 0.25) is 0 Å². The molecule has 1 N–H and O–H groups in total. The number of aryl methyl sites for hydroxylation is 2. The lowest BCUT2D eigenvalue weighted by Crippen LogP contribution is -2.27. The number of imidazole rings is 1. The van der Waals surface area contributed by atoms with Gasteiger partial charge in [-0.05, 0) is 13.8 Å². The Kier molecular flexibility index (Phi) is 3.45. The predicted octanol–water partition coefficient (Wildman–Crippen LogP) is 0.663. The summed E-state index contributed by atoms with van der Waals surface area (Å²) < 4.78 is 3.64. The SMILES string of the molecule is Cc1nn(C)c(C)c1C(=O)NCCn1ccnc1. The molecule has 2 rings (SSSR count). The summed E-state index contributed by atoms with van der Waals surface area (Å²) >= 11 is 0. The van der Waals surface area contributed by atoms with Gasteiger partial charge in [-0.3, -0.25) is 9.48 Å². The molecule has 2 aromatic heterocycles. The Balaban J connectivity index is 1.95. The largest absolute Gasteiger partial charge is 0.350 e. The molecule has 2 aromatic rings. The van der Waals surface area contributed by atoms with E-state index < -0.39 is 0 Å². The van der Waals surface area contributed by atoms with Crippen LogP contribution in [0.1, 0.15) is 21.7 Å². The quantitative estimate of drug-likeness (QED) is 0.863. The highest BCUT2D eigenvalue weighted by molar-refractivity contribution is 5.96. The third-order valence-electron chi connectivity index (χ3n) is 2.95. The van der Waals surface area contributed by atoms with E-state index in [4.69, 9.17) is 0 Å². The lowest BCUT2D eigenvalue weighted by atomic mass is 10.2. The van der Waals surface area contributed by atoms with Gasteiger partial charge >= 0.3 is 0 Å². The highest BCUT2D eigenvalue weighted by Gasteiger charge is 2.16. The van der Waals surface area contributed by atoms with Gasteiger partial charge < -0.3 is 9.88 Å². The molecule has 0 spiro atoms. The van der Waals surface area contributed by atoms with Crippen molar-refractivity contribution >= 4 is 5.91 Å². The van der Waals surface area contributed by atoms with Crippen LogP contribution in [0.25, 0.3) is 0 Å². The summed E-state index contributed by atoms with van der Waals surface area (Å²) in [6, 6.07) is 0. The smallest absolute Gasteiger partial charge is 0.255 e. The molecule has 0 saturated carbocycles. The van der Waals surface area contributed by atoms with Gasteiger partial charge in [-0.25, -0.2) is 4.98 Å². The molecule has 6 heteroatoms. The van der Waals surface area contributed by atoms with Crippen LogP contribution in [0.5, 0.6) is 0 Å². The van der Waals surface area contributed by atoms with Crippen molar-refractivity contribution in [2.45, 2.75) is 20.4 Å².